The lowest BCUT2D eigenvalue weighted by Gasteiger charge is -2.32. The molecule has 1 saturated carbocycles. The SMILES string of the molecule is NC1CC(CNC(=O)c2cn[nH]n2)C1. The summed E-state index contributed by atoms with van der Waals surface area (Å²) >= 11 is 0. The Bertz CT molecular complexity index is 304. The minimum absolute atomic E-state index is 0.181. The highest BCUT2D eigenvalue weighted by Gasteiger charge is 2.26. The number of aromatic amines is 1. The molecule has 1 aliphatic rings. The summed E-state index contributed by atoms with van der Waals surface area (Å²) in [5.41, 5.74) is 5.96. The summed E-state index contributed by atoms with van der Waals surface area (Å²) in [6.07, 6.45) is 3.40. The number of carbonyl (C=O) groups is 1. The van der Waals surface area contributed by atoms with Crippen molar-refractivity contribution in [3.8, 4) is 0 Å². The van der Waals surface area contributed by atoms with Crippen molar-refractivity contribution in [1.82, 2.24) is 20.7 Å². The van der Waals surface area contributed by atoms with E-state index in [-0.39, 0.29) is 5.91 Å². The third-order valence-electron chi connectivity index (χ3n) is 2.47. The number of carbonyl (C=O) groups excluding carboxylic acids is 1. The van der Waals surface area contributed by atoms with Crippen LogP contribution in [-0.2, 0) is 0 Å². The van der Waals surface area contributed by atoms with Gasteiger partial charge in [0.2, 0.25) is 0 Å². The van der Waals surface area contributed by atoms with Crippen LogP contribution in [0.3, 0.4) is 0 Å². The van der Waals surface area contributed by atoms with Crippen molar-refractivity contribution in [3.05, 3.63) is 11.9 Å². The van der Waals surface area contributed by atoms with Gasteiger partial charge in [-0.25, -0.2) is 0 Å². The fourth-order valence-corrected chi connectivity index (χ4v) is 1.59. The van der Waals surface area contributed by atoms with Crippen LogP contribution in [-0.4, -0.2) is 33.9 Å². The van der Waals surface area contributed by atoms with Gasteiger partial charge in [-0.15, -0.1) is 0 Å². The predicted octanol–water partition coefficient (Wildman–Crippen LogP) is -0.728. The Morgan fingerprint density at radius 3 is 3.07 bits per heavy atom. The summed E-state index contributed by atoms with van der Waals surface area (Å²) in [4.78, 5) is 11.4. The van der Waals surface area contributed by atoms with Crippen molar-refractivity contribution in [2.24, 2.45) is 11.7 Å². The molecule has 76 valence electrons. The molecule has 1 amide bonds. The molecule has 6 nitrogen and oxygen atoms in total. The summed E-state index contributed by atoms with van der Waals surface area (Å²) in [5, 5.41) is 12.4. The van der Waals surface area contributed by atoms with Gasteiger partial charge in [-0.3, -0.25) is 4.79 Å². The molecule has 0 spiro atoms. The maximum atomic E-state index is 11.4. The molecule has 0 atom stereocenters. The van der Waals surface area contributed by atoms with Crippen LogP contribution in [0, 0.1) is 5.92 Å². The van der Waals surface area contributed by atoms with Crippen molar-refractivity contribution in [3.63, 3.8) is 0 Å². The smallest absolute Gasteiger partial charge is 0.273 e. The van der Waals surface area contributed by atoms with E-state index in [1.54, 1.807) is 0 Å². The monoisotopic (exact) mass is 195 g/mol. The molecule has 14 heavy (non-hydrogen) atoms. The van der Waals surface area contributed by atoms with Crippen LogP contribution in [0.1, 0.15) is 23.3 Å². The molecule has 2 rings (SSSR count). The van der Waals surface area contributed by atoms with E-state index in [1.807, 2.05) is 0 Å². The van der Waals surface area contributed by atoms with E-state index in [2.05, 4.69) is 20.7 Å². The Balaban J connectivity index is 1.74. The Hall–Kier alpha value is -1.43. The maximum absolute atomic E-state index is 11.4. The second kappa shape index (κ2) is 3.75. The quantitative estimate of drug-likeness (QED) is 0.592. The maximum Gasteiger partial charge on any atom is 0.273 e. The number of nitrogens with one attached hydrogen (secondary N) is 2. The van der Waals surface area contributed by atoms with E-state index in [9.17, 15) is 4.79 Å². The molecule has 4 N–H and O–H groups in total. The molecule has 1 fully saturated rings. The third-order valence-corrected chi connectivity index (χ3v) is 2.47. The fraction of sp³-hybridized carbons (Fsp3) is 0.625. The first-order valence-corrected chi connectivity index (χ1v) is 4.65. The highest BCUT2D eigenvalue weighted by Crippen LogP contribution is 2.24. The number of aromatic nitrogens is 3. The number of amides is 1. The zero-order valence-electron chi connectivity index (χ0n) is 7.73. The summed E-state index contributed by atoms with van der Waals surface area (Å²) < 4.78 is 0. The normalized spacial score (nSPS) is 25.5. The topological polar surface area (TPSA) is 96.7 Å². The molecule has 6 heteroatoms. The van der Waals surface area contributed by atoms with Gasteiger partial charge < -0.3 is 11.1 Å². The lowest BCUT2D eigenvalue weighted by molar-refractivity contribution is 0.0930. The molecule has 1 aromatic heterocycles. The van der Waals surface area contributed by atoms with Gasteiger partial charge in [0.05, 0.1) is 6.20 Å². The Kier molecular flexibility index (Phi) is 2.45. The van der Waals surface area contributed by atoms with Crippen molar-refractivity contribution in [2.75, 3.05) is 6.54 Å². The van der Waals surface area contributed by atoms with E-state index < -0.39 is 0 Å². The number of H-pyrrole nitrogens is 1. The zero-order valence-corrected chi connectivity index (χ0v) is 7.73. The number of hydrogen-bond donors (Lipinski definition) is 3. The minimum atomic E-state index is -0.181. The van der Waals surface area contributed by atoms with Crippen molar-refractivity contribution >= 4 is 5.91 Å². The number of nitrogens with two attached hydrogens (primary N) is 1. The molecular weight excluding hydrogens is 182 g/mol. The average Bonchev–Trinajstić information content (AvgIpc) is 2.62. The van der Waals surface area contributed by atoms with Crippen molar-refractivity contribution in [1.29, 1.82) is 0 Å². The zero-order chi connectivity index (χ0) is 9.97. The number of hydrogen-bond acceptors (Lipinski definition) is 4. The van der Waals surface area contributed by atoms with Gasteiger partial charge in [-0.2, -0.15) is 15.4 Å². The van der Waals surface area contributed by atoms with Crippen LogP contribution in [0.2, 0.25) is 0 Å². The Morgan fingerprint density at radius 2 is 2.50 bits per heavy atom. The predicted molar refractivity (Wildman–Crippen MR) is 49.4 cm³/mol. The first kappa shape index (κ1) is 9.14. The molecule has 0 aliphatic heterocycles. The summed E-state index contributed by atoms with van der Waals surface area (Å²) in [6, 6.07) is 0.323. The molecule has 0 aromatic carbocycles. The van der Waals surface area contributed by atoms with E-state index in [4.69, 9.17) is 5.73 Å². The van der Waals surface area contributed by atoms with Gasteiger partial charge in [-0.05, 0) is 18.8 Å². The molecule has 1 aromatic rings. The van der Waals surface area contributed by atoms with Crippen LogP contribution < -0.4 is 11.1 Å². The first-order chi connectivity index (χ1) is 6.75. The second-order valence-corrected chi connectivity index (χ2v) is 3.66. The molecule has 0 radical (unpaired) electrons. The van der Waals surface area contributed by atoms with Gasteiger partial charge >= 0.3 is 0 Å². The largest absolute Gasteiger partial charge is 0.350 e. The number of rotatable bonds is 3. The van der Waals surface area contributed by atoms with Gasteiger partial charge in [-0.1, -0.05) is 0 Å². The van der Waals surface area contributed by atoms with Gasteiger partial charge in [0.1, 0.15) is 0 Å². The molecule has 0 bridgehead atoms. The van der Waals surface area contributed by atoms with Gasteiger partial charge in [0, 0.05) is 12.6 Å². The van der Waals surface area contributed by atoms with E-state index in [0.717, 1.165) is 12.8 Å². The van der Waals surface area contributed by atoms with Crippen LogP contribution in [0.4, 0.5) is 0 Å². The Labute approximate surface area is 81.3 Å². The third kappa shape index (κ3) is 1.90. The van der Waals surface area contributed by atoms with Gasteiger partial charge in [0.25, 0.3) is 5.91 Å². The van der Waals surface area contributed by atoms with Crippen LogP contribution in [0.5, 0.6) is 0 Å². The molecule has 0 saturated heterocycles. The lowest BCUT2D eigenvalue weighted by atomic mass is 9.81. The van der Waals surface area contributed by atoms with Crippen molar-refractivity contribution < 1.29 is 4.79 Å². The Morgan fingerprint density at radius 1 is 1.71 bits per heavy atom. The minimum Gasteiger partial charge on any atom is -0.350 e. The van der Waals surface area contributed by atoms with Crippen LogP contribution in [0.15, 0.2) is 6.20 Å². The summed E-state index contributed by atoms with van der Waals surface area (Å²) in [6.45, 7) is 0.680. The first-order valence-electron chi connectivity index (χ1n) is 4.65. The molecule has 1 aliphatic carbocycles. The van der Waals surface area contributed by atoms with E-state index in [0.29, 0.717) is 24.2 Å². The van der Waals surface area contributed by atoms with E-state index in [1.165, 1.54) is 6.20 Å². The second-order valence-electron chi connectivity index (χ2n) is 3.66. The number of nitrogens with zero attached hydrogens (tertiary/aromatic N) is 2. The van der Waals surface area contributed by atoms with Crippen molar-refractivity contribution in [2.45, 2.75) is 18.9 Å². The lowest BCUT2D eigenvalue weighted by Crippen LogP contribution is -2.42. The average molecular weight is 195 g/mol. The van der Waals surface area contributed by atoms with Crippen LogP contribution in [0.25, 0.3) is 0 Å². The summed E-state index contributed by atoms with van der Waals surface area (Å²) in [7, 11) is 0. The van der Waals surface area contributed by atoms with Gasteiger partial charge in [0.15, 0.2) is 5.69 Å². The highest BCUT2D eigenvalue weighted by molar-refractivity contribution is 5.91. The highest BCUT2D eigenvalue weighted by atomic mass is 16.1. The fourth-order valence-electron chi connectivity index (χ4n) is 1.59. The summed E-state index contributed by atoms with van der Waals surface area (Å²) in [5.74, 6) is 0.347. The van der Waals surface area contributed by atoms with E-state index >= 15 is 0 Å². The molecular formula is C8H13N5O. The molecule has 1 heterocycles. The van der Waals surface area contributed by atoms with Crippen LogP contribution >= 0.6 is 0 Å². The molecule has 0 unspecified atom stereocenters. The standard InChI is InChI=1S/C8H13N5O/c9-6-1-5(2-6)3-10-8(14)7-4-11-13-12-7/h4-6H,1-3,9H2,(H,10,14)(H,11,12,13).